The quantitative estimate of drug-likeness (QED) is 0.211. The molecule has 4 aromatic rings. The highest BCUT2D eigenvalue weighted by atomic mass is 16.6. The molecule has 0 N–H and O–H groups in total. The van der Waals surface area contributed by atoms with Gasteiger partial charge >= 0.3 is 5.97 Å². The molecular formula is C27H27NO4. The normalized spacial score (nSPS) is 11.9. The molecule has 0 spiro atoms. The van der Waals surface area contributed by atoms with E-state index in [1.54, 1.807) is 12.4 Å². The van der Waals surface area contributed by atoms with Crippen molar-refractivity contribution < 1.29 is 18.7 Å². The third-order valence-electron chi connectivity index (χ3n) is 5.28. The fourth-order valence-electron chi connectivity index (χ4n) is 3.52. The number of pyridine rings is 1. The van der Waals surface area contributed by atoms with Crippen molar-refractivity contribution in [2.45, 2.75) is 45.3 Å². The van der Waals surface area contributed by atoms with E-state index in [1.165, 1.54) is 0 Å². The van der Waals surface area contributed by atoms with Gasteiger partial charge in [-0.25, -0.2) is 4.79 Å². The number of furan rings is 1. The van der Waals surface area contributed by atoms with Crippen LogP contribution in [0.1, 0.15) is 38.2 Å². The number of hydrogen-bond acceptors (Lipinski definition) is 5. The van der Waals surface area contributed by atoms with Crippen LogP contribution in [0.4, 0.5) is 0 Å². The van der Waals surface area contributed by atoms with Gasteiger partial charge < -0.3 is 13.9 Å². The van der Waals surface area contributed by atoms with E-state index in [4.69, 9.17) is 13.9 Å². The zero-order valence-corrected chi connectivity index (χ0v) is 18.2. The van der Waals surface area contributed by atoms with E-state index >= 15 is 0 Å². The van der Waals surface area contributed by atoms with Crippen LogP contribution in [0, 0.1) is 0 Å². The molecule has 2 aromatic heterocycles. The molecule has 5 nitrogen and oxygen atoms in total. The number of unbranched alkanes of at least 4 members (excludes halogenated alkanes) is 2. The van der Waals surface area contributed by atoms with Crippen molar-refractivity contribution in [3.8, 4) is 17.1 Å². The number of carbonyl (C=O) groups is 1. The molecule has 5 heteroatoms. The first kappa shape index (κ1) is 21.6. The summed E-state index contributed by atoms with van der Waals surface area (Å²) in [7, 11) is 0. The van der Waals surface area contributed by atoms with Crippen molar-refractivity contribution in [1.82, 2.24) is 4.98 Å². The first-order valence-corrected chi connectivity index (χ1v) is 11.0. The maximum atomic E-state index is 12.7. The Labute approximate surface area is 188 Å². The fourth-order valence-corrected chi connectivity index (χ4v) is 3.52. The lowest BCUT2D eigenvalue weighted by Gasteiger charge is -2.18. The number of para-hydroxylation sites is 1. The van der Waals surface area contributed by atoms with Gasteiger partial charge in [0.05, 0.1) is 0 Å². The number of ether oxygens (including phenoxy) is 2. The van der Waals surface area contributed by atoms with Crippen molar-refractivity contribution in [3.05, 3.63) is 84.7 Å². The van der Waals surface area contributed by atoms with E-state index in [-0.39, 0.29) is 12.6 Å². The van der Waals surface area contributed by atoms with Crippen LogP contribution in [0.2, 0.25) is 0 Å². The predicted octanol–water partition coefficient (Wildman–Crippen LogP) is 6.57. The van der Waals surface area contributed by atoms with Crippen LogP contribution in [0.3, 0.4) is 0 Å². The number of hydrogen-bond donors (Lipinski definition) is 0. The summed E-state index contributed by atoms with van der Waals surface area (Å²) < 4.78 is 17.5. The van der Waals surface area contributed by atoms with E-state index < -0.39 is 6.10 Å². The minimum Gasteiger partial charge on any atom is -0.479 e. The molecule has 0 amide bonds. The highest BCUT2D eigenvalue weighted by Crippen LogP contribution is 2.29. The van der Waals surface area contributed by atoms with Gasteiger partial charge in [-0.15, -0.1) is 0 Å². The maximum absolute atomic E-state index is 12.7. The summed E-state index contributed by atoms with van der Waals surface area (Å²) in [6, 6.07) is 21.3. The van der Waals surface area contributed by atoms with Gasteiger partial charge in [0.2, 0.25) is 0 Å². The van der Waals surface area contributed by atoms with Gasteiger partial charge in [-0.05, 0) is 55.3 Å². The molecule has 164 valence electrons. The summed E-state index contributed by atoms with van der Waals surface area (Å²) in [5, 5.41) is 1.06. The monoisotopic (exact) mass is 429 g/mol. The molecule has 0 aliphatic carbocycles. The molecule has 0 bridgehead atoms. The van der Waals surface area contributed by atoms with Crippen LogP contribution < -0.4 is 4.74 Å². The SMILES string of the molecule is CCCCCC(Oc1ccc(-c2cc3ccccc3o2)cc1)C(=O)OCc1cccnc1. The lowest BCUT2D eigenvalue weighted by molar-refractivity contribution is -0.153. The van der Waals surface area contributed by atoms with Crippen LogP contribution in [-0.2, 0) is 16.1 Å². The molecule has 0 saturated carbocycles. The summed E-state index contributed by atoms with van der Waals surface area (Å²) in [5.74, 6) is 1.07. The molecule has 32 heavy (non-hydrogen) atoms. The topological polar surface area (TPSA) is 61.6 Å². The Balaban J connectivity index is 1.42. The average Bonchev–Trinajstić information content (AvgIpc) is 3.27. The summed E-state index contributed by atoms with van der Waals surface area (Å²) in [6.45, 7) is 2.32. The van der Waals surface area contributed by atoms with Crippen LogP contribution in [0.25, 0.3) is 22.3 Å². The molecule has 0 aliphatic rings. The number of carbonyl (C=O) groups excluding carboxylic acids is 1. The van der Waals surface area contributed by atoms with Gasteiger partial charge in [-0.2, -0.15) is 0 Å². The summed E-state index contributed by atoms with van der Waals surface area (Å²) in [5.41, 5.74) is 2.66. The van der Waals surface area contributed by atoms with Gasteiger partial charge in [0.25, 0.3) is 0 Å². The largest absolute Gasteiger partial charge is 0.479 e. The predicted molar refractivity (Wildman–Crippen MR) is 124 cm³/mol. The number of benzene rings is 2. The summed E-state index contributed by atoms with van der Waals surface area (Å²) >= 11 is 0. The molecule has 0 radical (unpaired) electrons. The van der Waals surface area contributed by atoms with E-state index in [1.807, 2.05) is 66.7 Å². The smallest absolute Gasteiger partial charge is 0.347 e. The van der Waals surface area contributed by atoms with E-state index in [9.17, 15) is 4.79 Å². The molecule has 1 atom stereocenters. The van der Waals surface area contributed by atoms with Crippen LogP contribution in [-0.4, -0.2) is 17.1 Å². The van der Waals surface area contributed by atoms with Crippen molar-refractivity contribution in [2.75, 3.05) is 0 Å². The zero-order valence-electron chi connectivity index (χ0n) is 18.2. The lowest BCUT2D eigenvalue weighted by Crippen LogP contribution is -2.29. The van der Waals surface area contributed by atoms with Gasteiger partial charge in [0.1, 0.15) is 23.7 Å². The molecule has 2 aromatic carbocycles. The number of fused-ring (bicyclic) bond motifs is 1. The van der Waals surface area contributed by atoms with E-state index in [2.05, 4.69) is 11.9 Å². The van der Waals surface area contributed by atoms with Gasteiger partial charge in [-0.1, -0.05) is 44.0 Å². The summed E-state index contributed by atoms with van der Waals surface area (Å²) in [4.78, 5) is 16.8. The zero-order chi connectivity index (χ0) is 22.2. The Morgan fingerprint density at radius 3 is 2.62 bits per heavy atom. The van der Waals surface area contributed by atoms with Gasteiger partial charge in [0.15, 0.2) is 6.10 Å². The van der Waals surface area contributed by atoms with Crippen LogP contribution >= 0.6 is 0 Å². The van der Waals surface area contributed by atoms with Crippen molar-refractivity contribution in [3.63, 3.8) is 0 Å². The summed E-state index contributed by atoms with van der Waals surface area (Å²) in [6.07, 6.45) is 6.37. The third kappa shape index (κ3) is 5.55. The Bertz CT molecular complexity index is 1100. The minimum absolute atomic E-state index is 0.186. The molecule has 0 fully saturated rings. The van der Waals surface area contributed by atoms with E-state index in [0.29, 0.717) is 12.2 Å². The number of aromatic nitrogens is 1. The second kappa shape index (κ2) is 10.6. The molecule has 4 rings (SSSR count). The fraction of sp³-hybridized carbons (Fsp3) is 0.259. The number of esters is 1. The van der Waals surface area contributed by atoms with Gasteiger partial charge in [0, 0.05) is 28.9 Å². The second-order valence-electron chi connectivity index (χ2n) is 7.74. The Kier molecular flexibility index (Phi) is 7.18. The average molecular weight is 430 g/mol. The highest BCUT2D eigenvalue weighted by Gasteiger charge is 2.22. The van der Waals surface area contributed by atoms with Crippen molar-refractivity contribution in [1.29, 1.82) is 0 Å². The first-order valence-electron chi connectivity index (χ1n) is 11.0. The second-order valence-corrected chi connectivity index (χ2v) is 7.74. The molecule has 0 saturated heterocycles. The molecular weight excluding hydrogens is 402 g/mol. The van der Waals surface area contributed by atoms with E-state index in [0.717, 1.165) is 47.1 Å². The Hall–Kier alpha value is -3.60. The minimum atomic E-state index is -0.643. The van der Waals surface area contributed by atoms with Crippen molar-refractivity contribution in [2.24, 2.45) is 0 Å². The lowest BCUT2D eigenvalue weighted by atomic mass is 10.1. The number of nitrogens with zero attached hydrogens (tertiary/aromatic N) is 1. The third-order valence-corrected chi connectivity index (χ3v) is 5.28. The molecule has 0 aliphatic heterocycles. The first-order chi connectivity index (χ1) is 15.7. The van der Waals surface area contributed by atoms with Crippen LogP contribution in [0.5, 0.6) is 5.75 Å². The maximum Gasteiger partial charge on any atom is 0.347 e. The van der Waals surface area contributed by atoms with Crippen molar-refractivity contribution >= 4 is 16.9 Å². The molecule has 1 unspecified atom stereocenters. The standard InChI is InChI=1S/C27H27NO4/c1-2-3-4-11-25(27(29)30-19-20-8-7-16-28-18-20)31-23-14-12-21(13-15-23)26-17-22-9-5-6-10-24(22)32-26/h5-10,12-18,25H,2-4,11,19H2,1H3. The Morgan fingerprint density at radius 2 is 1.88 bits per heavy atom. The molecule has 2 heterocycles. The number of rotatable bonds is 10. The highest BCUT2D eigenvalue weighted by molar-refractivity contribution is 5.82. The van der Waals surface area contributed by atoms with Gasteiger partial charge in [-0.3, -0.25) is 4.98 Å². The van der Waals surface area contributed by atoms with Crippen LogP contribution in [0.15, 0.2) is 83.5 Å². The Morgan fingerprint density at radius 1 is 1.03 bits per heavy atom.